The highest BCUT2D eigenvalue weighted by atomic mass is 32.2. The number of nitroso groups, excluding NO2 is 1. The third kappa shape index (κ3) is 2.18. The summed E-state index contributed by atoms with van der Waals surface area (Å²) < 4.78 is 25.1. The van der Waals surface area contributed by atoms with Gasteiger partial charge in [-0.15, -0.1) is 4.91 Å². The zero-order valence-electron chi connectivity index (χ0n) is 10.4. The van der Waals surface area contributed by atoms with Crippen molar-refractivity contribution in [1.29, 1.82) is 0 Å². The summed E-state index contributed by atoms with van der Waals surface area (Å²) in [5.41, 5.74) is -0.0914. The molecule has 0 fully saturated rings. The van der Waals surface area contributed by atoms with E-state index in [2.05, 4.69) is 5.18 Å². The molecular weight excluding hydrogens is 268 g/mol. The van der Waals surface area contributed by atoms with Crippen LogP contribution in [-0.2, 0) is 10.0 Å². The van der Waals surface area contributed by atoms with Crippen LogP contribution in [0.3, 0.4) is 0 Å². The minimum atomic E-state index is -3.54. The molecule has 0 saturated heterocycles. The number of fused-ring (bicyclic) bond motifs is 1. The second-order valence-corrected chi connectivity index (χ2v) is 6.35. The maximum atomic E-state index is 12.0. The van der Waals surface area contributed by atoms with Crippen molar-refractivity contribution in [1.82, 2.24) is 4.31 Å². The topological polar surface area (TPSA) is 87.0 Å². The van der Waals surface area contributed by atoms with Gasteiger partial charge in [0.2, 0.25) is 10.0 Å². The Morgan fingerprint density at radius 2 is 1.84 bits per heavy atom. The van der Waals surface area contributed by atoms with Gasteiger partial charge in [-0.05, 0) is 28.8 Å². The number of phenols is 1. The second kappa shape index (κ2) is 4.60. The van der Waals surface area contributed by atoms with E-state index in [9.17, 15) is 18.4 Å². The van der Waals surface area contributed by atoms with Gasteiger partial charge in [0.25, 0.3) is 0 Å². The van der Waals surface area contributed by atoms with Crippen molar-refractivity contribution in [2.24, 2.45) is 5.18 Å². The van der Waals surface area contributed by atoms with Crippen LogP contribution in [0.2, 0.25) is 0 Å². The molecule has 0 unspecified atom stereocenters. The Labute approximate surface area is 110 Å². The van der Waals surface area contributed by atoms with Gasteiger partial charge >= 0.3 is 0 Å². The zero-order chi connectivity index (χ0) is 14.2. The Kier molecular flexibility index (Phi) is 3.25. The molecule has 0 aliphatic carbocycles. The summed E-state index contributed by atoms with van der Waals surface area (Å²) in [4.78, 5) is 10.8. The predicted molar refractivity (Wildman–Crippen MR) is 71.9 cm³/mol. The normalized spacial score (nSPS) is 11.9. The fraction of sp³-hybridized carbons (Fsp3) is 0.167. The Balaban J connectivity index is 2.74. The van der Waals surface area contributed by atoms with Crippen molar-refractivity contribution in [2.75, 3.05) is 14.1 Å². The van der Waals surface area contributed by atoms with Crippen molar-refractivity contribution in [3.05, 3.63) is 35.2 Å². The van der Waals surface area contributed by atoms with Gasteiger partial charge in [-0.25, -0.2) is 12.7 Å². The molecule has 0 aliphatic heterocycles. The fourth-order valence-corrected chi connectivity index (χ4v) is 2.68. The van der Waals surface area contributed by atoms with Crippen LogP contribution in [0.4, 0.5) is 5.69 Å². The lowest BCUT2D eigenvalue weighted by Gasteiger charge is -2.12. The summed E-state index contributed by atoms with van der Waals surface area (Å²) in [5.74, 6) is -0.231. The molecule has 2 aromatic carbocycles. The molecule has 0 amide bonds. The molecule has 0 heterocycles. The third-order valence-corrected chi connectivity index (χ3v) is 4.62. The van der Waals surface area contributed by atoms with Crippen LogP contribution in [0, 0.1) is 4.91 Å². The van der Waals surface area contributed by atoms with Crippen molar-refractivity contribution in [3.63, 3.8) is 0 Å². The number of nitrogens with zero attached hydrogens (tertiary/aromatic N) is 2. The maximum Gasteiger partial charge on any atom is 0.242 e. The molecule has 0 atom stereocenters. The van der Waals surface area contributed by atoms with E-state index in [1.165, 1.54) is 44.4 Å². The smallest absolute Gasteiger partial charge is 0.242 e. The molecule has 0 spiro atoms. The van der Waals surface area contributed by atoms with E-state index in [0.717, 1.165) is 4.31 Å². The highest BCUT2D eigenvalue weighted by molar-refractivity contribution is 7.89. The molecule has 7 heteroatoms. The SMILES string of the molecule is CN(C)S(=O)(=O)c1ccc2c(N=O)c(O)ccc2c1. The van der Waals surface area contributed by atoms with E-state index in [0.29, 0.717) is 10.8 Å². The van der Waals surface area contributed by atoms with E-state index in [1.54, 1.807) is 0 Å². The monoisotopic (exact) mass is 280 g/mol. The first kappa shape index (κ1) is 13.4. The van der Waals surface area contributed by atoms with Gasteiger partial charge in [0.05, 0.1) is 4.90 Å². The quantitative estimate of drug-likeness (QED) is 0.873. The van der Waals surface area contributed by atoms with Gasteiger partial charge < -0.3 is 5.11 Å². The largest absolute Gasteiger partial charge is 0.506 e. The Hall–Kier alpha value is -1.99. The van der Waals surface area contributed by atoms with Crippen molar-refractivity contribution >= 4 is 26.5 Å². The van der Waals surface area contributed by atoms with E-state index >= 15 is 0 Å². The molecule has 0 aromatic heterocycles. The molecule has 0 bridgehead atoms. The van der Waals surface area contributed by atoms with Crippen LogP contribution in [0.1, 0.15) is 0 Å². The zero-order valence-corrected chi connectivity index (χ0v) is 11.2. The molecule has 2 aromatic rings. The van der Waals surface area contributed by atoms with Crippen LogP contribution in [0.5, 0.6) is 5.75 Å². The standard InChI is InChI=1S/C12H12N2O4S/c1-14(2)19(17,18)9-4-5-10-8(7-9)3-6-11(15)12(10)13-16/h3-7,15H,1-2H3. The summed E-state index contributed by atoms with van der Waals surface area (Å²) in [6.07, 6.45) is 0. The summed E-state index contributed by atoms with van der Waals surface area (Å²) in [6, 6.07) is 7.13. The van der Waals surface area contributed by atoms with Crippen LogP contribution < -0.4 is 0 Å². The summed E-state index contributed by atoms with van der Waals surface area (Å²) in [6.45, 7) is 0. The molecular formula is C12H12N2O4S. The van der Waals surface area contributed by atoms with Crippen LogP contribution >= 0.6 is 0 Å². The van der Waals surface area contributed by atoms with E-state index in [1.807, 2.05) is 0 Å². The third-order valence-electron chi connectivity index (χ3n) is 2.81. The number of aromatic hydroxyl groups is 1. The lowest BCUT2D eigenvalue weighted by Crippen LogP contribution is -2.22. The number of sulfonamides is 1. The molecule has 100 valence electrons. The minimum absolute atomic E-state index is 0.0914. The number of phenolic OH excluding ortho intramolecular Hbond substituents is 1. The molecule has 1 N–H and O–H groups in total. The first-order valence-electron chi connectivity index (χ1n) is 5.39. The summed E-state index contributed by atoms with van der Waals surface area (Å²) in [7, 11) is -0.657. The molecule has 0 saturated carbocycles. The van der Waals surface area contributed by atoms with Crippen LogP contribution in [0.15, 0.2) is 40.4 Å². The Bertz CT molecular complexity index is 754. The summed E-state index contributed by atoms with van der Waals surface area (Å²) >= 11 is 0. The Morgan fingerprint density at radius 3 is 2.42 bits per heavy atom. The molecule has 2 rings (SSSR count). The number of hydrogen-bond donors (Lipinski definition) is 1. The molecule has 19 heavy (non-hydrogen) atoms. The highest BCUT2D eigenvalue weighted by Crippen LogP contribution is 2.35. The number of hydrogen-bond acceptors (Lipinski definition) is 5. The lowest BCUT2D eigenvalue weighted by molar-refractivity contribution is 0.477. The minimum Gasteiger partial charge on any atom is -0.506 e. The average Bonchev–Trinajstić information content (AvgIpc) is 2.37. The lowest BCUT2D eigenvalue weighted by atomic mass is 10.1. The predicted octanol–water partition coefficient (Wildman–Crippen LogP) is 2.19. The van der Waals surface area contributed by atoms with Crippen molar-refractivity contribution in [2.45, 2.75) is 4.90 Å². The Morgan fingerprint density at radius 1 is 1.16 bits per heavy atom. The first-order chi connectivity index (χ1) is 8.87. The van der Waals surface area contributed by atoms with Gasteiger partial charge in [-0.1, -0.05) is 12.1 Å². The van der Waals surface area contributed by atoms with Gasteiger partial charge in [0, 0.05) is 19.5 Å². The number of rotatable bonds is 3. The van der Waals surface area contributed by atoms with E-state index in [-0.39, 0.29) is 16.3 Å². The molecule has 0 aliphatic rings. The average molecular weight is 280 g/mol. The van der Waals surface area contributed by atoms with Crippen molar-refractivity contribution in [3.8, 4) is 5.75 Å². The van der Waals surface area contributed by atoms with Crippen molar-refractivity contribution < 1.29 is 13.5 Å². The fourth-order valence-electron chi connectivity index (χ4n) is 1.75. The van der Waals surface area contributed by atoms with Gasteiger partial charge in [0.15, 0.2) is 5.69 Å². The maximum absolute atomic E-state index is 12.0. The first-order valence-corrected chi connectivity index (χ1v) is 6.83. The molecule has 0 radical (unpaired) electrons. The van der Waals surface area contributed by atoms with Gasteiger partial charge in [-0.2, -0.15) is 0 Å². The van der Waals surface area contributed by atoms with Gasteiger partial charge in [0.1, 0.15) is 5.75 Å². The molecule has 6 nitrogen and oxygen atoms in total. The van der Waals surface area contributed by atoms with E-state index < -0.39 is 10.0 Å². The summed E-state index contributed by atoms with van der Waals surface area (Å²) in [5, 5.41) is 13.2. The number of benzene rings is 2. The second-order valence-electron chi connectivity index (χ2n) is 4.19. The van der Waals surface area contributed by atoms with Crippen LogP contribution in [0.25, 0.3) is 10.8 Å². The van der Waals surface area contributed by atoms with Crippen LogP contribution in [-0.4, -0.2) is 31.9 Å². The van der Waals surface area contributed by atoms with Gasteiger partial charge in [-0.3, -0.25) is 0 Å². The van der Waals surface area contributed by atoms with E-state index in [4.69, 9.17) is 0 Å². The highest BCUT2D eigenvalue weighted by Gasteiger charge is 2.18.